The number of anilines is 1. The fourth-order valence-corrected chi connectivity index (χ4v) is 5.64. The maximum atomic E-state index is 13.7. The van der Waals surface area contributed by atoms with Crippen LogP contribution in [0.1, 0.15) is 67.4 Å². The van der Waals surface area contributed by atoms with Crippen molar-refractivity contribution in [3.8, 4) is 5.75 Å². The molecule has 1 aliphatic heterocycles. The lowest BCUT2D eigenvalue weighted by Gasteiger charge is -2.38. The lowest BCUT2D eigenvalue weighted by molar-refractivity contribution is -0.137. The minimum atomic E-state index is -4.39. The van der Waals surface area contributed by atoms with Crippen LogP contribution in [0.4, 0.5) is 18.9 Å². The Bertz CT molecular complexity index is 1200. The number of alkyl halides is 3. The van der Waals surface area contributed by atoms with Gasteiger partial charge in [-0.05, 0) is 56.6 Å². The summed E-state index contributed by atoms with van der Waals surface area (Å²) in [4.78, 5) is 30.4. The van der Waals surface area contributed by atoms with Gasteiger partial charge in [0.25, 0.3) is 5.91 Å². The first-order chi connectivity index (χ1) is 19.5. The number of carbonyl (C=O) groups is 2. The fraction of sp³-hybridized carbons (Fsp3) is 0.548. The molecule has 1 heterocycles. The second kappa shape index (κ2) is 13.2. The Morgan fingerprint density at radius 3 is 2.46 bits per heavy atom. The number of halogens is 3. The molecule has 4 rings (SSSR count). The predicted molar refractivity (Wildman–Crippen MR) is 151 cm³/mol. The van der Waals surface area contributed by atoms with Crippen LogP contribution in [0.5, 0.6) is 5.75 Å². The van der Waals surface area contributed by atoms with Crippen LogP contribution in [0.25, 0.3) is 0 Å². The molecule has 0 bridgehead atoms. The van der Waals surface area contributed by atoms with Crippen LogP contribution in [-0.4, -0.2) is 65.6 Å². The van der Waals surface area contributed by atoms with Gasteiger partial charge in [-0.2, -0.15) is 13.2 Å². The quantitative estimate of drug-likeness (QED) is 0.430. The lowest BCUT2D eigenvalue weighted by atomic mass is 9.88. The van der Waals surface area contributed by atoms with Gasteiger partial charge in [0.2, 0.25) is 5.91 Å². The van der Waals surface area contributed by atoms with Crippen LogP contribution < -0.4 is 10.1 Å². The first-order valence-corrected chi connectivity index (χ1v) is 14.3. The number of hydrogen-bond donors (Lipinski definition) is 2. The highest BCUT2D eigenvalue weighted by molar-refractivity contribution is 6.02. The van der Waals surface area contributed by atoms with E-state index < -0.39 is 23.9 Å². The van der Waals surface area contributed by atoms with Gasteiger partial charge in [0.05, 0.1) is 29.5 Å². The molecule has 2 aromatic rings. The standard InChI is InChI=1S/C31H40F3N3O4/c1-20-16-37(21(2)19-38)30(40)25-10-7-11-26(35-29(39)23-8-5-4-6-9-23)28(25)41-27(20)18-36(3)17-22-12-14-24(15-13-22)31(32,33)34/h7,10-15,20-21,23,27,38H,4-6,8-9,16-19H2,1-3H3,(H,35,39)/t20-,21+,27-/m1/s1. The van der Waals surface area contributed by atoms with Gasteiger partial charge in [0, 0.05) is 31.5 Å². The van der Waals surface area contributed by atoms with E-state index in [1.54, 1.807) is 30.0 Å². The molecule has 2 N–H and O–H groups in total. The van der Waals surface area contributed by atoms with Gasteiger partial charge >= 0.3 is 6.18 Å². The first-order valence-electron chi connectivity index (χ1n) is 14.3. The third-order valence-corrected chi connectivity index (χ3v) is 8.15. The van der Waals surface area contributed by atoms with Crippen LogP contribution in [0.15, 0.2) is 42.5 Å². The molecule has 7 nitrogen and oxygen atoms in total. The highest BCUT2D eigenvalue weighted by Gasteiger charge is 2.35. The molecule has 0 radical (unpaired) electrons. The van der Waals surface area contributed by atoms with Gasteiger partial charge in [-0.3, -0.25) is 14.5 Å². The summed E-state index contributed by atoms with van der Waals surface area (Å²) < 4.78 is 45.5. The summed E-state index contributed by atoms with van der Waals surface area (Å²) in [5, 5.41) is 12.9. The minimum absolute atomic E-state index is 0.0826. The van der Waals surface area contributed by atoms with Crippen LogP contribution in [-0.2, 0) is 17.5 Å². The van der Waals surface area contributed by atoms with E-state index in [4.69, 9.17) is 4.74 Å². The largest absolute Gasteiger partial charge is 0.486 e. The molecule has 0 saturated heterocycles. The summed E-state index contributed by atoms with van der Waals surface area (Å²) in [6.07, 6.45) is 0.00719. The number of ether oxygens (including phenoxy) is 1. The Morgan fingerprint density at radius 1 is 1.15 bits per heavy atom. The number of nitrogens with zero attached hydrogens (tertiary/aromatic N) is 2. The zero-order valence-corrected chi connectivity index (χ0v) is 23.9. The molecule has 0 spiro atoms. The SMILES string of the molecule is C[C@@H]1CN([C@@H](C)CO)C(=O)c2cccc(NC(=O)C3CCCCC3)c2O[C@@H]1CN(C)Cc1ccc(C(F)(F)F)cc1. The highest BCUT2D eigenvalue weighted by Crippen LogP contribution is 2.36. The number of aliphatic hydroxyl groups is 1. The Hall–Kier alpha value is -3.11. The zero-order chi connectivity index (χ0) is 29.7. The number of benzene rings is 2. The van der Waals surface area contributed by atoms with Crippen molar-refractivity contribution in [2.45, 2.75) is 70.8 Å². The normalized spacial score (nSPS) is 21.1. The topological polar surface area (TPSA) is 82.1 Å². The molecule has 1 fully saturated rings. The number of carbonyl (C=O) groups excluding carboxylic acids is 2. The lowest BCUT2D eigenvalue weighted by Crippen LogP contribution is -2.49. The monoisotopic (exact) mass is 575 g/mol. The van der Waals surface area contributed by atoms with E-state index in [1.165, 1.54) is 12.1 Å². The number of nitrogens with one attached hydrogen (secondary N) is 1. The molecule has 224 valence electrons. The minimum Gasteiger partial charge on any atom is -0.486 e. The van der Waals surface area contributed by atoms with Crippen molar-refractivity contribution < 1.29 is 32.6 Å². The van der Waals surface area contributed by atoms with E-state index in [1.807, 2.05) is 18.9 Å². The molecule has 2 aromatic carbocycles. The van der Waals surface area contributed by atoms with Gasteiger partial charge in [0.1, 0.15) is 6.10 Å². The second-order valence-electron chi connectivity index (χ2n) is 11.5. The van der Waals surface area contributed by atoms with Crippen LogP contribution in [0.2, 0.25) is 0 Å². The molecule has 0 aromatic heterocycles. The van der Waals surface area contributed by atoms with Crippen molar-refractivity contribution in [3.63, 3.8) is 0 Å². The molecule has 41 heavy (non-hydrogen) atoms. The molecule has 10 heteroatoms. The summed E-state index contributed by atoms with van der Waals surface area (Å²) in [5.74, 6) is -0.298. The molecule has 1 aliphatic carbocycles. The van der Waals surface area contributed by atoms with Crippen molar-refractivity contribution in [2.24, 2.45) is 11.8 Å². The zero-order valence-electron chi connectivity index (χ0n) is 23.9. The van der Waals surface area contributed by atoms with E-state index in [0.717, 1.165) is 49.8 Å². The summed E-state index contributed by atoms with van der Waals surface area (Å²) >= 11 is 0. The van der Waals surface area contributed by atoms with E-state index in [2.05, 4.69) is 5.32 Å². The van der Waals surface area contributed by atoms with Gasteiger partial charge in [-0.15, -0.1) is 0 Å². The average molecular weight is 576 g/mol. The van der Waals surface area contributed by atoms with E-state index in [0.29, 0.717) is 36.6 Å². The summed E-state index contributed by atoms with van der Waals surface area (Å²) in [6, 6.07) is 9.80. The van der Waals surface area contributed by atoms with Crippen LogP contribution in [0.3, 0.4) is 0 Å². The molecule has 0 unspecified atom stereocenters. The van der Waals surface area contributed by atoms with Crippen LogP contribution >= 0.6 is 0 Å². The molecule has 3 atom stereocenters. The summed E-state index contributed by atoms with van der Waals surface area (Å²) in [6.45, 7) is 4.71. The predicted octanol–water partition coefficient (Wildman–Crippen LogP) is 5.58. The van der Waals surface area contributed by atoms with Gasteiger partial charge in [0.15, 0.2) is 5.75 Å². The van der Waals surface area contributed by atoms with Gasteiger partial charge in [-0.25, -0.2) is 0 Å². The van der Waals surface area contributed by atoms with E-state index >= 15 is 0 Å². The Balaban J connectivity index is 1.60. The fourth-order valence-electron chi connectivity index (χ4n) is 5.64. The molecule has 1 saturated carbocycles. The molecule has 2 aliphatic rings. The average Bonchev–Trinajstić information content (AvgIpc) is 2.95. The number of para-hydroxylation sites is 1. The van der Waals surface area contributed by atoms with E-state index in [9.17, 15) is 27.9 Å². The maximum absolute atomic E-state index is 13.7. The van der Waals surface area contributed by atoms with Crippen molar-refractivity contribution in [1.82, 2.24) is 9.80 Å². The second-order valence-corrected chi connectivity index (χ2v) is 11.5. The number of amides is 2. The van der Waals surface area contributed by atoms with Crippen LogP contribution in [0, 0.1) is 11.8 Å². The first kappa shape index (κ1) is 30.8. The van der Waals surface area contributed by atoms with Crippen molar-refractivity contribution in [2.75, 3.05) is 32.1 Å². The van der Waals surface area contributed by atoms with Crippen molar-refractivity contribution in [1.29, 1.82) is 0 Å². The van der Waals surface area contributed by atoms with Gasteiger partial charge in [-0.1, -0.05) is 44.4 Å². The number of rotatable bonds is 8. The van der Waals surface area contributed by atoms with Crippen molar-refractivity contribution >= 4 is 17.5 Å². The van der Waals surface area contributed by atoms with E-state index in [-0.39, 0.29) is 30.3 Å². The summed E-state index contributed by atoms with van der Waals surface area (Å²) in [7, 11) is 1.86. The maximum Gasteiger partial charge on any atom is 0.416 e. The van der Waals surface area contributed by atoms with Gasteiger partial charge < -0.3 is 20.1 Å². The number of aliphatic hydroxyl groups excluding tert-OH is 1. The smallest absolute Gasteiger partial charge is 0.416 e. The molecular weight excluding hydrogens is 535 g/mol. The Morgan fingerprint density at radius 2 is 1.83 bits per heavy atom. The molecule has 2 amide bonds. The Labute approximate surface area is 239 Å². The van der Waals surface area contributed by atoms with Crippen molar-refractivity contribution in [3.05, 3.63) is 59.2 Å². The third-order valence-electron chi connectivity index (χ3n) is 8.15. The highest BCUT2D eigenvalue weighted by atomic mass is 19.4. The molecular formula is C31H40F3N3O4. The number of hydrogen-bond acceptors (Lipinski definition) is 5. The number of likely N-dealkylation sites (N-methyl/N-ethyl adjacent to an activating group) is 1. The third kappa shape index (κ3) is 7.60. The Kier molecular flexibility index (Phi) is 9.96. The number of fused-ring (bicyclic) bond motifs is 1. The summed E-state index contributed by atoms with van der Waals surface area (Å²) in [5.41, 5.74) is 0.787.